The molecule has 0 aromatic carbocycles. The van der Waals surface area contributed by atoms with Gasteiger partial charge in [0, 0.05) is 0 Å². The molecule has 29 heavy (non-hydrogen) atoms. The summed E-state index contributed by atoms with van der Waals surface area (Å²) in [7, 11) is 0. The van der Waals surface area contributed by atoms with Gasteiger partial charge in [-0.2, -0.15) is 23.5 Å². The standard InChI is InChI=1S/C16H29N5O6S2/c1-28-5-3-9(17)14(25)20-10(4-6-29-2)16(27)21-11(7-12(18)22)15(26)19-8-13(23)24/h9-11H,3-8,17H2,1-2H3,(H2,18,22)(H,19,26)(H,20,25)(H,21,27)(H,23,24). The van der Waals surface area contributed by atoms with Crippen molar-refractivity contribution in [2.24, 2.45) is 11.5 Å². The van der Waals surface area contributed by atoms with Crippen LogP contribution >= 0.6 is 23.5 Å². The number of thioether (sulfide) groups is 2. The molecule has 0 aliphatic rings. The Balaban J connectivity index is 5.15. The molecule has 0 aliphatic carbocycles. The van der Waals surface area contributed by atoms with Crippen LogP contribution in [0.3, 0.4) is 0 Å². The van der Waals surface area contributed by atoms with Crippen molar-refractivity contribution < 1.29 is 29.1 Å². The molecular weight excluding hydrogens is 422 g/mol. The average Bonchev–Trinajstić information content (AvgIpc) is 2.65. The third-order valence-corrected chi connectivity index (χ3v) is 4.95. The molecule has 166 valence electrons. The first-order valence-electron chi connectivity index (χ1n) is 8.74. The normalized spacial score (nSPS) is 13.6. The van der Waals surface area contributed by atoms with Crippen LogP contribution in [0.15, 0.2) is 0 Å². The number of carbonyl (C=O) groups is 5. The van der Waals surface area contributed by atoms with Crippen molar-refractivity contribution in [3.63, 3.8) is 0 Å². The Labute approximate surface area is 177 Å². The van der Waals surface area contributed by atoms with Crippen LogP contribution < -0.4 is 27.4 Å². The minimum atomic E-state index is -1.36. The quantitative estimate of drug-likeness (QED) is 0.161. The number of carboxylic acid groups (broad SMARTS) is 1. The summed E-state index contributed by atoms with van der Waals surface area (Å²) in [5, 5.41) is 15.7. The van der Waals surface area contributed by atoms with Gasteiger partial charge in [-0.1, -0.05) is 0 Å². The molecule has 0 rings (SSSR count). The molecule has 0 aromatic heterocycles. The number of carbonyl (C=O) groups excluding carboxylic acids is 4. The zero-order valence-electron chi connectivity index (χ0n) is 16.4. The molecule has 13 heteroatoms. The van der Waals surface area contributed by atoms with Crippen LogP contribution in [0.25, 0.3) is 0 Å². The molecule has 0 radical (unpaired) electrons. The summed E-state index contributed by atoms with van der Waals surface area (Å²) in [6.07, 6.45) is 3.90. The minimum absolute atomic E-state index is 0.272. The monoisotopic (exact) mass is 451 g/mol. The predicted octanol–water partition coefficient (Wildman–Crippen LogP) is -2.13. The van der Waals surface area contributed by atoms with Crippen molar-refractivity contribution in [3.8, 4) is 0 Å². The molecular formula is C16H29N5O6S2. The van der Waals surface area contributed by atoms with Crippen molar-refractivity contribution >= 4 is 53.1 Å². The van der Waals surface area contributed by atoms with E-state index in [1.165, 1.54) is 23.5 Å². The van der Waals surface area contributed by atoms with Gasteiger partial charge in [0.25, 0.3) is 0 Å². The van der Waals surface area contributed by atoms with Crippen molar-refractivity contribution in [2.75, 3.05) is 30.6 Å². The van der Waals surface area contributed by atoms with Crippen LogP contribution in [-0.4, -0.2) is 83.4 Å². The molecule has 4 amide bonds. The second-order valence-corrected chi connectivity index (χ2v) is 8.04. The van der Waals surface area contributed by atoms with Gasteiger partial charge < -0.3 is 32.5 Å². The summed E-state index contributed by atoms with van der Waals surface area (Å²) < 4.78 is 0. The van der Waals surface area contributed by atoms with Crippen LogP contribution in [0.5, 0.6) is 0 Å². The largest absolute Gasteiger partial charge is 0.480 e. The lowest BCUT2D eigenvalue weighted by Gasteiger charge is -2.23. The molecule has 0 heterocycles. The highest BCUT2D eigenvalue weighted by Crippen LogP contribution is 2.05. The zero-order valence-corrected chi connectivity index (χ0v) is 18.1. The van der Waals surface area contributed by atoms with Gasteiger partial charge in [0.05, 0.1) is 12.5 Å². The molecule has 0 aliphatic heterocycles. The number of hydrogen-bond acceptors (Lipinski definition) is 8. The first-order chi connectivity index (χ1) is 13.6. The molecule has 3 unspecified atom stereocenters. The fourth-order valence-corrected chi connectivity index (χ4v) is 3.09. The highest BCUT2D eigenvalue weighted by molar-refractivity contribution is 7.98. The highest BCUT2D eigenvalue weighted by Gasteiger charge is 2.29. The lowest BCUT2D eigenvalue weighted by atomic mass is 10.1. The van der Waals surface area contributed by atoms with E-state index in [1.54, 1.807) is 0 Å². The van der Waals surface area contributed by atoms with Gasteiger partial charge in [0.15, 0.2) is 0 Å². The first kappa shape index (κ1) is 27.0. The van der Waals surface area contributed by atoms with Gasteiger partial charge in [0.2, 0.25) is 23.6 Å². The van der Waals surface area contributed by atoms with Crippen LogP contribution in [0.1, 0.15) is 19.3 Å². The Morgan fingerprint density at radius 3 is 1.97 bits per heavy atom. The Hall–Kier alpha value is -1.99. The third kappa shape index (κ3) is 12.2. The fourth-order valence-electron chi connectivity index (χ4n) is 2.13. The van der Waals surface area contributed by atoms with Crippen molar-refractivity contribution in [3.05, 3.63) is 0 Å². The van der Waals surface area contributed by atoms with Crippen molar-refractivity contribution in [1.82, 2.24) is 16.0 Å². The van der Waals surface area contributed by atoms with E-state index in [2.05, 4.69) is 16.0 Å². The maximum atomic E-state index is 12.6. The van der Waals surface area contributed by atoms with E-state index in [4.69, 9.17) is 16.6 Å². The van der Waals surface area contributed by atoms with Gasteiger partial charge in [-0.3, -0.25) is 24.0 Å². The van der Waals surface area contributed by atoms with E-state index in [0.29, 0.717) is 17.9 Å². The Bertz CT molecular complexity index is 592. The number of nitrogens with two attached hydrogens (primary N) is 2. The minimum Gasteiger partial charge on any atom is -0.480 e. The molecule has 0 saturated carbocycles. The van der Waals surface area contributed by atoms with Gasteiger partial charge in [-0.05, 0) is 36.9 Å². The Morgan fingerprint density at radius 1 is 0.897 bits per heavy atom. The number of hydrogen-bond donors (Lipinski definition) is 6. The van der Waals surface area contributed by atoms with Crippen LogP contribution in [0, 0.1) is 0 Å². The van der Waals surface area contributed by atoms with Gasteiger partial charge in [-0.25, -0.2) is 0 Å². The van der Waals surface area contributed by atoms with Crippen molar-refractivity contribution in [1.29, 1.82) is 0 Å². The van der Waals surface area contributed by atoms with Crippen LogP contribution in [0.4, 0.5) is 0 Å². The molecule has 3 atom stereocenters. The number of nitrogens with one attached hydrogen (secondary N) is 3. The maximum Gasteiger partial charge on any atom is 0.322 e. The Morgan fingerprint density at radius 2 is 1.45 bits per heavy atom. The topological polar surface area (TPSA) is 194 Å². The summed E-state index contributed by atoms with van der Waals surface area (Å²) in [6.45, 7) is -0.680. The van der Waals surface area contributed by atoms with E-state index in [-0.39, 0.29) is 6.42 Å². The Kier molecular flexibility index (Phi) is 13.9. The van der Waals surface area contributed by atoms with E-state index in [1.807, 2.05) is 12.5 Å². The molecule has 0 aromatic rings. The van der Waals surface area contributed by atoms with Crippen molar-refractivity contribution in [2.45, 2.75) is 37.4 Å². The summed E-state index contributed by atoms with van der Waals surface area (Å²) in [5.74, 6) is -2.98. The summed E-state index contributed by atoms with van der Waals surface area (Å²) in [6, 6.07) is -3.12. The third-order valence-electron chi connectivity index (χ3n) is 3.67. The van der Waals surface area contributed by atoms with E-state index < -0.39 is 60.7 Å². The molecule has 0 fully saturated rings. The van der Waals surface area contributed by atoms with E-state index in [9.17, 15) is 24.0 Å². The van der Waals surface area contributed by atoms with E-state index >= 15 is 0 Å². The smallest absolute Gasteiger partial charge is 0.322 e. The van der Waals surface area contributed by atoms with E-state index in [0.717, 1.165) is 0 Å². The second kappa shape index (κ2) is 14.9. The SMILES string of the molecule is CSCCC(N)C(=O)NC(CCSC)C(=O)NC(CC(N)=O)C(=O)NCC(=O)O. The molecule has 8 N–H and O–H groups in total. The average molecular weight is 452 g/mol. The van der Waals surface area contributed by atoms with Gasteiger partial charge >= 0.3 is 5.97 Å². The predicted molar refractivity (Wildman–Crippen MR) is 112 cm³/mol. The van der Waals surface area contributed by atoms with Crippen LogP contribution in [-0.2, 0) is 24.0 Å². The molecule has 11 nitrogen and oxygen atoms in total. The first-order valence-corrected chi connectivity index (χ1v) is 11.5. The number of rotatable bonds is 15. The van der Waals surface area contributed by atoms with Gasteiger partial charge in [-0.15, -0.1) is 0 Å². The van der Waals surface area contributed by atoms with Crippen LogP contribution in [0.2, 0.25) is 0 Å². The molecule has 0 saturated heterocycles. The lowest BCUT2D eigenvalue weighted by Crippen LogP contribution is -2.56. The number of primary amides is 1. The number of carboxylic acids is 1. The number of aliphatic carboxylic acids is 1. The number of amides is 4. The maximum absolute atomic E-state index is 12.6. The molecule has 0 bridgehead atoms. The molecule has 0 spiro atoms. The second-order valence-electron chi connectivity index (χ2n) is 6.07. The highest BCUT2D eigenvalue weighted by atomic mass is 32.2. The fraction of sp³-hybridized carbons (Fsp3) is 0.688. The summed E-state index contributed by atoms with van der Waals surface area (Å²) in [4.78, 5) is 58.8. The lowest BCUT2D eigenvalue weighted by molar-refractivity contribution is -0.138. The summed E-state index contributed by atoms with van der Waals surface area (Å²) in [5.41, 5.74) is 10.9. The van der Waals surface area contributed by atoms with Gasteiger partial charge in [0.1, 0.15) is 18.6 Å². The summed E-state index contributed by atoms with van der Waals surface area (Å²) >= 11 is 3.00. The zero-order chi connectivity index (χ0) is 22.4.